The molecule has 8 heteroatoms. The molecule has 0 unspecified atom stereocenters. The Hall–Kier alpha value is -2.58. The summed E-state index contributed by atoms with van der Waals surface area (Å²) in [6.07, 6.45) is 5.50. The van der Waals surface area contributed by atoms with Gasteiger partial charge >= 0.3 is 5.97 Å². The molecule has 0 amide bonds. The molecule has 0 heterocycles. The van der Waals surface area contributed by atoms with Crippen molar-refractivity contribution < 1.29 is 23.1 Å². The number of hydrogen-bond donors (Lipinski definition) is 3. The van der Waals surface area contributed by atoms with Crippen molar-refractivity contribution in [1.29, 1.82) is 0 Å². The Balaban J connectivity index is 2.47. The van der Waals surface area contributed by atoms with Gasteiger partial charge in [0.25, 0.3) is 0 Å². The van der Waals surface area contributed by atoms with Gasteiger partial charge in [-0.2, -0.15) is 0 Å². The number of carboxylic acids is 1. The third-order valence-electron chi connectivity index (χ3n) is 4.72. The predicted octanol–water partition coefficient (Wildman–Crippen LogP) is 5.25. The molecule has 0 atom stereocenters. The number of para-hydroxylation sites is 1. The third-order valence-corrected chi connectivity index (χ3v) is 6.19. The molecule has 0 aliphatic carbocycles. The number of carboxylic acid groups (broad SMARTS) is 1. The van der Waals surface area contributed by atoms with E-state index in [1.165, 1.54) is 6.07 Å². The van der Waals surface area contributed by atoms with E-state index < -0.39 is 16.0 Å². The number of unbranched alkanes of at least 4 members (excludes halogenated alkanes) is 4. The zero-order valence-electron chi connectivity index (χ0n) is 18.2. The van der Waals surface area contributed by atoms with E-state index in [1.54, 1.807) is 24.3 Å². The maximum Gasteiger partial charge on any atom is 0.335 e. The van der Waals surface area contributed by atoms with E-state index in [1.807, 2.05) is 13.0 Å². The quantitative estimate of drug-likeness (QED) is 0.341. The Bertz CT molecular complexity index is 946. The lowest BCUT2D eigenvalue weighted by Gasteiger charge is -2.18. The highest BCUT2D eigenvalue weighted by atomic mass is 32.2. The second kappa shape index (κ2) is 12.3. The lowest BCUT2D eigenvalue weighted by Crippen LogP contribution is -2.26. The van der Waals surface area contributed by atoms with Crippen LogP contribution < -0.4 is 14.8 Å². The van der Waals surface area contributed by atoms with Crippen molar-refractivity contribution in [3.05, 3.63) is 48.0 Å². The van der Waals surface area contributed by atoms with Gasteiger partial charge in [-0.3, -0.25) is 0 Å². The van der Waals surface area contributed by atoms with Gasteiger partial charge in [0.05, 0.1) is 11.3 Å². The monoisotopic (exact) mass is 448 g/mol. The molecule has 31 heavy (non-hydrogen) atoms. The minimum absolute atomic E-state index is 0.0911. The average Bonchev–Trinajstić information content (AvgIpc) is 2.75. The summed E-state index contributed by atoms with van der Waals surface area (Å²) in [5.41, 5.74) is 0.217. The van der Waals surface area contributed by atoms with E-state index in [2.05, 4.69) is 17.0 Å². The largest absolute Gasteiger partial charge is 0.478 e. The Morgan fingerprint density at radius 2 is 1.68 bits per heavy atom. The van der Waals surface area contributed by atoms with Crippen LogP contribution in [-0.4, -0.2) is 32.6 Å². The van der Waals surface area contributed by atoms with Crippen LogP contribution in [0.15, 0.2) is 47.4 Å². The van der Waals surface area contributed by atoms with E-state index in [4.69, 9.17) is 4.74 Å². The van der Waals surface area contributed by atoms with Crippen molar-refractivity contribution >= 4 is 21.7 Å². The molecular formula is C23H32N2O5S. The van der Waals surface area contributed by atoms with Crippen molar-refractivity contribution in [2.24, 2.45) is 0 Å². The second-order valence-corrected chi connectivity index (χ2v) is 9.05. The van der Waals surface area contributed by atoms with Crippen molar-refractivity contribution in [3.63, 3.8) is 0 Å². The maximum atomic E-state index is 13.1. The van der Waals surface area contributed by atoms with Crippen molar-refractivity contribution in [2.75, 3.05) is 18.4 Å². The normalized spacial score (nSPS) is 11.3. The van der Waals surface area contributed by atoms with Crippen LogP contribution in [0.4, 0.5) is 5.69 Å². The van der Waals surface area contributed by atoms with Crippen LogP contribution in [-0.2, 0) is 10.0 Å². The lowest BCUT2D eigenvalue weighted by molar-refractivity contribution is 0.0696. The maximum absolute atomic E-state index is 13.1. The number of rotatable bonds is 14. The molecule has 2 rings (SSSR count). The highest BCUT2D eigenvalue weighted by Gasteiger charge is 2.25. The van der Waals surface area contributed by atoms with Gasteiger partial charge in [0, 0.05) is 13.1 Å². The van der Waals surface area contributed by atoms with Crippen molar-refractivity contribution in [1.82, 2.24) is 4.72 Å². The molecule has 0 saturated heterocycles. The molecule has 2 aromatic carbocycles. The highest BCUT2D eigenvalue weighted by Crippen LogP contribution is 2.37. The number of nitrogens with one attached hydrogen (secondary N) is 2. The molecule has 0 fully saturated rings. The van der Waals surface area contributed by atoms with Crippen LogP contribution in [0.1, 0.15) is 62.7 Å². The number of benzene rings is 2. The number of anilines is 1. The molecule has 0 saturated carbocycles. The molecule has 0 aromatic heterocycles. The summed E-state index contributed by atoms with van der Waals surface area (Å²) in [7, 11) is -3.99. The Morgan fingerprint density at radius 1 is 0.968 bits per heavy atom. The Kier molecular flexibility index (Phi) is 9.81. The summed E-state index contributed by atoms with van der Waals surface area (Å²) in [6, 6.07) is 11.4. The van der Waals surface area contributed by atoms with Crippen LogP contribution in [0.3, 0.4) is 0 Å². The summed E-state index contributed by atoms with van der Waals surface area (Å²) in [5, 5.41) is 12.7. The van der Waals surface area contributed by atoms with Gasteiger partial charge in [-0.05, 0) is 37.1 Å². The van der Waals surface area contributed by atoms with Gasteiger partial charge in [-0.25, -0.2) is 17.9 Å². The summed E-state index contributed by atoms with van der Waals surface area (Å²) >= 11 is 0. The molecule has 0 bridgehead atoms. The van der Waals surface area contributed by atoms with Gasteiger partial charge in [-0.15, -0.1) is 0 Å². The van der Waals surface area contributed by atoms with E-state index in [-0.39, 0.29) is 22.8 Å². The minimum atomic E-state index is -3.99. The molecule has 0 spiro atoms. The fraction of sp³-hybridized carbons (Fsp3) is 0.435. The Morgan fingerprint density at radius 3 is 2.32 bits per heavy atom. The molecular weight excluding hydrogens is 416 g/mol. The Labute approximate surface area is 184 Å². The number of carbonyl (C=O) groups is 1. The van der Waals surface area contributed by atoms with E-state index >= 15 is 0 Å². The summed E-state index contributed by atoms with van der Waals surface area (Å²) in [6.45, 7) is 4.97. The molecule has 170 valence electrons. The molecule has 2 aromatic rings. The fourth-order valence-corrected chi connectivity index (χ4v) is 4.25. The molecule has 7 nitrogen and oxygen atoms in total. The number of sulfonamides is 1. The lowest BCUT2D eigenvalue weighted by atomic mass is 10.1. The number of ether oxygens (including phenoxy) is 1. The molecule has 0 radical (unpaired) electrons. The number of hydrogen-bond acceptors (Lipinski definition) is 5. The third kappa shape index (κ3) is 7.56. The van der Waals surface area contributed by atoms with Crippen LogP contribution >= 0.6 is 0 Å². The standard InChI is InChI=1S/C23H32N2O5S/c1-3-5-7-11-15-25-31(28,29)21-17-18(23(26)27)16-20(24-14-6-4-2)22(21)30-19-12-9-8-10-13-19/h8-10,12-13,16-17,24-25H,3-7,11,14-15H2,1-2H3,(H,26,27). The van der Waals surface area contributed by atoms with Gasteiger partial charge in [0.15, 0.2) is 5.75 Å². The van der Waals surface area contributed by atoms with E-state index in [9.17, 15) is 18.3 Å². The van der Waals surface area contributed by atoms with Gasteiger partial charge in [0.1, 0.15) is 10.6 Å². The van der Waals surface area contributed by atoms with Gasteiger partial charge in [0.2, 0.25) is 10.0 Å². The topological polar surface area (TPSA) is 105 Å². The molecule has 3 N–H and O–H groups in total. The first-order chi connectivity index (χ1) is 14.9. The zero-order chi connectivity index (χ0) is 22.7. The van der Waals surface area contributed by atoms with E-state index in [0.717, 1.165) is 38.2 Å². The van der Waals surface area contributed by atoms with Crippen LogP contribution in [0.25, 0.3) is 0 Å². The summed E-state index contributed by atoms with van der Waals surface area (Å²) in [5.74, 6) is -0.652. The smallest absolute Gasteiger partial charge is 0.335 e. The summed E-state index contributed by atoms with van der Waals surface area (Å²) < 4.78 is 34.8. The SMILES string of the molecule is CCCCCCNS(=O)(=O)c1cc(C(=O)O)cc(NCCCC)c1Oc1ccccc1. The van der Waals surface area contributed by atoms with Gasteiger partial charge < -0.3 is 15.2 Å². The number of aromatic carboxylic acids is 1. The predicted molar refractivity (Wildman–Crippen MR) is 123 cm³/mol. The highest BCUT2D eigenvalue weighted by molar-refractivity contribution is 7.89. The first kappa shape index (κ1) is 24.7. The zero-order valence-corrected chi connectivity index (χ0v) is 19.0. The van der Waals surface area contributed by atoms with Crippen molar-refractivity contribution in [3.8, 4) is 11.5 Å². The minimum Gasteiger partial charge on any atom is -0.478 e. The van der Waals surface area contributed by atoms with Gasteiger partial charge in [-0.1, -0.05) is 57.7 Å². The fourth-order valence-electron chi connectivity index (χ4n) is 3.00. The second-order valence-electron chi connectivity index (χ2n) is 7.31. The van der Waals surface area contributed by atoms with E-state index in [0.29, 0.717) is 24.4 Å². The van der Waals surface area contributed by atoms with Crippen LogP contribution in [0.5, 0.6) is 11.5 Å². The van der Waals surface area contributed by atoms with Crippen molar-refractivity contribution in [2.45, 2.75) is 57.3 Å². The summed E-state index contributed by atoms with van der Waals surface area (Å²) in [4.78, 5) is 11.5. The first-order valence-electron chi connectivity index (χ1n) is 10.8. The van der Waals surface area contributed by atoms with Crippen LogP contribution in [0, 0.1) is 0 Å². The first-order valence-corrected chi connectivity index (χ1v) is 12.2. The molecule has 0 aliphatic rings. The molecule has 0 aliphatic heterocycles. The average molecular weight is 449 g/mol. The van der Waals surface area contributed by atoms with Crippen LogP contribution in [0.2, 0.25) is 0 Å².